The summed E-state index contributed by atoms with van der Waals surface area (Å²) < 4.78 is 29.2. The number of hydrogen-bond acceptors (Lipinski definition) is 11. The lowest BCUT2D eigenvalue weighted by Crippen LogP contribution is -2.26. The fraction of sp³-hybridized carbons (Fsp3) is 0.296. The van der Waals surface area contributed by atoms with E-state index in [-0.39, 0.29) is 48.4 Å². The summed E-state index contributed by atoms with van der Waals surface area (Å²) in [6, 6.07) is 46.0. The third kappa shape index (κ3) is 11.4. The molecule has 0 bridgehead atoms. The lowest BCUT2D eigenvalue weighted by atomic mass is 9.95. The molecule has 3 N–H and O–H groups in total. The van der Waals surface area contributed by atoms with Gasteiger partial charge in [-0.25, -0.2) is 19.0 Å². The van der Waals surface area contributed by atoms with Crippen molar-refractivity contribution >= 4 is 45.4 Å². The molecule has 2 fully saturated rings. The molecule has 2 aliphatic rings. The fourth-order valence-electron chi connectivity index (χ4n) is 8.97. The maximum atomic E-state index is 12.7. The molecule has 15 heteroatoms. The summed E-state index contributed by atoms with van der Waals surface area (Å²) in [5, 5.41) is 11.3. The fourth-order valence-corrected chi connectivity index (χ4v) is 9.10. The van der Waals surface area contributed by atoms with Gasteiger partial charge in [-0.05, 0) is 72.0 Å². The number of nitrogens with one attached hydrogen (secondary N) is 1. The Morgan fingerprint density at radius 1 is 0.609 bits per heavy atom. The van der Waals surface area contributed by atoms with Crippen molar-refractivity contribution in [2.45, 2.75) is 90.4 Å². The average Bonchev–Trinajstić information content (AvgIpc) is 4.17. The minimum Gasteiger partial charge on any atom is -0.382 e. The number of nitrogens with zero attached hydrogens (tertiary/aromatic N) is 6. The predicted molar refractivity (Wildman–Crippen MR) is 266 cm³/mol. The second kappa shape index (κ2) is 23.0. The first kappa shape index (κ1) is 48.6. The van der Waals surface area contributed by atoms with Crippen LogP contribution in [0.5, 0.6) is 0 Å². The van der Waals surface area contributed by atoms with Crippen LogP contribution in [0.1, 0.15) is 96.0 Å². The zero-order valence-electron chi connectivity index (χ0n) is 39.0. The molecule has 0 radical (unpaired) electrons. The molecule has 0 saturated carbocycles. The second-order valence-corrected chi connectivity index (χ2v) is 17.4. The summed E-state index contributed by atoms with van der Waals surface area (Å²) in [5.74, 6) is 1.22. The Hall–Kier alpha value is -6.81. The van der Waals surface area contributed by atoms with E-state index < -0.39 is 5.24 Å². The monoisotopic (exact) mass is 948 g/mol. The molecular weight excluding hydrogens is 892 g/mol. The molecule has 69 heavy (non-hydrogen) atoms. The van der Waals surface area contributed by atoms with Gasteiger partial charge in [0.25, 0.3) is 11.1 Å². The molecule has 2 saturated heterocycles. The first-order valence-electron chi connectivity index (χ1n) is 23.3. The van der Waals surface area contributed by atoms with Gasteiger partial charge in [-0.1, -0.05) is 137 Å². The first-order chi connectivity index (χ1) is 33.6. The zero-order chi connectivity index (χ0) is 48.3. The van der Waals surface area contributed by atoms with E-state index in [1.807, 2.05) is 89.4 Å². The summed E-state index contributed by atoms with van der Waals surface area (Å²) in [4.78, 5) is 31.5. The molecule has 4 aromatic carbocycles. The minimum absolute atomic E-state index is 0.0468. The van der Waals surface area contributed by atoms with Gasteiger partial charge >= 0.3 is 0 Å². The molecule has 0 aliphatic carbocycles. The number of aromatic nitrogens is 6. The number of rotatable bonds is 13. The van der Waals surface area contributed by atoms with Gasteiger partial charge in [0.05, 0.1) is 49.0 Å². The Morgan fingerprint density at radius 3 is 1.51 bits per heavy atom. The van der Waals surface area contributed by atoms with Crippen LogP contribution in [0.3, 0.4) is 0 Å². The molecule has 2 aliphatic heterocycles. The van der Waals surface area contributed by atoms with Crippen molar-refractivity contribution in [3.63, 3.8) is 0 Å². The Morgan fingerprint density at radius 2 is 1.04 bits per heavy atom. The third-order valence-electron chi connectivity index (χ3n) is 12.7. The van der Waals surface area contributed by atoms with Crippen LogP contribution < -0.4 is 11.1 Å². The van der Waals surface area contributed by atoms with E-state index in [2.05, 4.69) is 77.4 Å². The van der Waals surface area contributed by atoms with E-state index in [4.69, 9.17) is 36.3 Å². The van der Waals surface area contributed by atoms with Crippen molar-refractivity contribution in [3.8, 4) is 0 Å². The highest BCUT2D eigenvalue weighted by Crippen LogP contribution is 2.43. The summed E-state index contributed by atoms with van der Waals surface area (Å²) in [7, 11) is 0. The molecule has 1 amide bonds. The highest BCUT2D eigenvalue weighted by Gasteiger charge is 2.45. The highest BCUT2D eigenvalue weighted by atomic mass is 35.5. The minimum atomic E-state index is -0.407. The van der Waals surface area contributed by atoms with Crippen LogP contribution in [-0.2, 0) is 32.2 Å². The van der Waals surface area contributed by atoms with Gasteiger partial charge in [0.1, 0.15) is 35.9 Å². The summed E-state index contributed by atoms with van der Waals surface area (Å²) in [6.45, 7) is 9.74. The van der Waals surface area contributed by atoms with Crippen LogP contribution in [0.2, 0.25) is 0 Å². The Labute approximate surface area is 406 Å². The van der Waals surface area contributed by atoms with E-state index in [1.165, 1.54) is 12.7 Å². The van der Waals surface area contributed by atoms with Crippen molar-refractivity contribution in [3.05, 3.63) is 192 Å². The largest absolute Gasteiger partial charge is 0.382 e. The van der Waals surface area contributed by atoms with E-state index in [0.29, 0.717) is 47.4 Å². The molecule has 10 rings (SSSR count). The van der Waals surface area contributed by atoms with E-state index in [0.717, 1.165) is 40.9 Å². The SMILES string of the molecule is CC[C@H]1O[C@@H](c2ccc3c(N)ncnn23)[C@H](OCc2ccccc2)[C@@H]1C.CC[C@H]1O[C@@H](c2ccc3c(NC(=O)c4ccccc4)ncnn23)[C@H](OCc2ccccc2)[C@@H]1C.O=C(Cl)c1ccccc1. The molecule has 8 atom stereocenters. The van der Waals surface area contributed by atoms with E-state index >= 15 is 0 Å². The van der Waals surface area contributed by atoms with E-state index in [9.17, 15) is 9.59 Å². The number of carbonyl (C=O) groups is 2. The Balaban J connectivity index is 0.000000161. The van der Waals surface area contributed by atoms with Crippen molar-refractivity contribution in [2.75, 3.05) is 11.1 Å². The lowest BCUT2D eigenvalue weighted by molar-refractivity contribution is -0.0362. The quantitative estimate of drug-likeness (QED) is 0.105. The average molecular weight is 950 g/mol. The molecule has 4 aromatic heterocycles. The van der Waals surface area contributed by atoms with Crippen LogP contribution in [0.15, 0.2) is 158 Å². The Bertz CT molecular complexity index is 2910. The number of nitrogens with two attached hydrogens (primary N) is 1. The standard InChI is InChI=1S/C27H28N4O3.C20H24N4O2.C7H5ClO/c1-3-23-18(2)24(33-16-19-10-6-4-7-11-19)25(34-23)21-14-15-22-26(28-17-29-31(21)22)30-27(32)20-12-8-5-9-13-20;1-3-17-13(2)18(25-11-14-7-5-4-6-8-14)19(26-17)15-9-10-16-20(21)22-12-23-24(15)16;8-7(9)6-4-2-1-3-5-6/h4-15,17-18,23-25H,3,16H2,1-2H3,(H,28,29,30,32);4-10,12-13,17-19H,3,11H2,1-2H3,(H2,21,22,23);1-5H/t18-,23-,24-,25+;13-,17-,18-,19+;/m11./s1. The van der Waals surface area contributed by atoms with Crippen LogP contribution in [0.25, 0.3) is 11.0 Å². The predicted octanol–water partition coefficient (Wildman–Crippen LogP) is 10.5. The topological polar surface area (TPSA) is 169 Å². The number of anilines is 2. The van der Waals surface area contributed by atoms with Gasteiger partial charge in [0.15, 0.2) is 11.6 Å². The molecule has 8 aromatic rings. The maximum Gasteiger partial charge on any atom is 0.256 e. The van der Waals surface area contributed by atoms with Gasteiger partial charge in [0.2, 0.25) is 0 Å². The number of nitrogen functional groups attached to an aromatic ring is 1. The number of ether oxygens (including phenoxy) is 4. The smallest absolute Gasteiger partial charge is 0.256 e. The molecule has 0 unspecified atom stereocenters. The van der Waals surface area contributed by atoms with Crippen LogP contribution in [0.4, 0.5) is 11.6 Å². The zero-order valence-corrected chi connectivity index (χ0v) is 39.8. The third-order valence-corrected chi connectivity index (χ3v) is 12.9. The van der Waals surface area contributed by atoms with Crippen molar-refractivity contribution in [2.24, 2.45) is 11.8 Å². The number of benzene rings is 4. The van der Waals surface area contributed by atoms with Crippen LogP contribution in [0, 0.1) is 11.8 Å². The molecule has 356 valence electrons. The summed E-state index contributed by atoms with van der Waals surface area (Å²) >= 11 is 5.16. The van der Waals surface area contributed by atoms with Gasteiger partial charge in [-0.3, -0.25) is 9.59 Å². The molecule has 14 nitrogen and oxygen atoms in total. The van der Waals surface area contributed by atoms with Crippen molar-refractivity contribution < 1.29 is 28.5 Å². The normalized spacial score (nSPS) is 21.8. The maximum absolute atomic E-state index is 12.7. The number of carbonyl (C=O) groups excluding carboxylic acids is 2. The van der Waals surface area contributed by atoms with E-state index in [1.54, 1.807) is 40.9 Å². The molecule has 0 spiro atoms. The van der Waals surface area contributed by atoms with Gasteiger partial charge in [-0.15, -0.1) is 0 Å². The van der Waals surface area contributed by atoms with Gasteiger partial charge in [-0.2, -0.15) is 10.2 Å². The van der Waals surface area contributed by atoms with Gasteiger partial charge in [0, 0.05) is 23.0 Å². The molecular formula is C54H57ClN8O6. The second-order valence-electron chi connectivity index (χ2n) is 17.1. The van der Waals surface area contributed by atoms with Crippen molar-refractivity contribution in [1.82, 2.24) is 29.2 Å². The Kier molecular flexibility index (Phi) is 16.2. The van der Waals surface area contributed by atoms with Crippen molar-refractivity contribution in [1.29, 1.82) is 0 Å². The lowest BCUT2D eigenvalue weighted by Gasteiger charge is -2.22. The van der Waals surface area contributed by atoms with Gasteiger partial charge < -0.3 is 30.0 Å². The summed E-state index contributed by atoms with van der Waals surface area (Å²) in [6.07, 6.45) is 4.39. The molecule has 6 heterocycles. The van der Waals surface area contributed by atoms with Crippen LogP contribution >= 0.6 is 11.6 Å². The summed E-state index contributed by atoms with van der Waals surface area (Å²) in [5.41, 5.74) is 12.7. The number of amides is 1. The number of hydrogen-bond donors (Lipinski definition) is 2. The van der Waals surface area contributed by atoms with Crippen LogP contribution in [-0.4, -0.2) is 64.8 Å². The first-order valence-corrected chi connectivity index (χ1v) is 23.7. The number of fused-ring (bicyclic) bond motifs is 2. The number of halogens is 1. The highest BCUT2D eigenvalue weighted by molar-refractivity contribution is 6.67.